The standard InChI is InChI=1S/C21H24N4O2/c1-2-27-19-9-8-18-20(24-19)17(13-22-18)21(26)23-16-7-5-6-15(12-16)14-25-10-3-4-11-25/h5-9,12-13,22H,2-4,10-11,14H2,1H3,(H,23,26). The van der Waals surface area contributed by atoms with E-state index < -0.39 is 0 Å². The third-order valence-corrected chi connectivity index (χ3v) is 4.82. The highest BCUT2D eigenvalue weighted by Gasteiger charge is 2.15. The zero-order valence-corrected chi connectivity index (χ0v) is 15.5. The maximum Gasteiger partial charge on any atom is 0.259 e. The molecule has 2 N–H and O–H groups in total. The van der Waals surface area contributed by atoms with Crippen molar-refractivity contribution in [3.63, 3.8) is 0 Å². The molecule has 0 atom stereocenters. The van der Waals surface area contributed by atoms with Crippen LogP contribution in [0.5, 0.6) is 5.88 Å². The van der Waals surface area contributed by atoms with Crippen molar-refractivity contribution < 1.29 is 9.53 Å². The number of hydrogen-bond donors (Lipinski definition) is 2. The minimum atomic E-state index is -0.180. The molecule has 0 aliphatic carbocycles. The van der Waals surface area contributed by atoms with E-state index >= 15 is 0 Å². The average molecular weight is 364 g/mol. The molecule has 1 saturated heterocycles. The van der Waals surface area contributed by atoms with E-state index in [1.165, 1.54) is 18.4 Å². The number of pyridine rings is 1. The molecular formula is C21H24N4O2. The summed E-state index contributed by atoms with van der Waals surface area (Å²) < 4.78 is 5.45. The Hall–Kier alpha value is -2.86. The van der Waals surface area contributed by atoms with Crippen LogP contribution in [0.4, 0.5) is 5.69 Å². The number of rotatable bonds is 6. The van der Waals surface area contributed by atoms with Crippen molar-refractivity contribution in [1.29, 1.82) is 0 Å². The summed E-state index contributed by atoms with van der Waals surface area (Å²) in [5.41, 5.74) is 3.95. The average Bonchev–Trinajstić information content (AvgIpc) is 3.31. The molecule has 140 valence electrons. The molecule has 1 fully saturated rings. The highest BCUT2D eigenvalue weighted by Crippen LogP contribution is 2.22. The molecule has 1 aliphatic rings. The fraction of sp³-hybridized carbons (Fsp3) is 0.333. The number of H-pyrrole nitrogens is 1. The van der Waals surface area contributed by atoms with Gasteiger partial charge in [-0.05, 0) is 56.6 Å². The van der Waals surface area contributed by atoms with Crippen molar-refractivity contribution in [3.05, 3.63) is 53.7 Å². The number of nitrogens with zero attached hydrogens (tertiary/aromatic N) is 2. The number of fused-ring (bicyclic) bond motifs is 1. The quantitative estimate of drug-likeness (QED) is 0.698. The third kappa shape index (κ3) is 3.95. The lowest BCUT2D eigenvalue weighted by atomic mass is 10.1. The normalized spacial score (nSPS) is 14.6. The molecule has 0 saturated carbocycles. The minimum Gasteiger partial charge on any atom is -0.478 e. The van der Waals surface area contributed by atoms with Gasteiger partial charge in [-0.3, -0.25) is 9.69 Å². The first-order valence-corrected chi connectivity index (χ1v) is 9.46. The molecule has 2 aromatic heterocycles. The number of likely N-dealkylation sites (tertiary alicyclic amines) is 1. The predicted octanol–water partition coefficient (Wildman–Crippen LogP) is 3.81. The topological polar surface area (TPSA) is 70.2 Å². The maximum atomic E-state index is 12.8. The molecule has 0 bridgehead atoms. The van der Waals surface area contributed by atoms with Gasteiger partial charge in [0.25, 0.3) is 5.91 Å². The Morgan fingerprint density at radius 3 is 2.93 bits per heavy atom. The lowest BCUT2D eigenvalue weighted by molar-refractivity contribution is 0.102. The predicted molar refractivity (Wildman–Crippen MR) is 106 cm³/mol. The molecule has 1 aromatic carbocycles. The Morgan fingerprint density at radius 1 is 1.26 bits per heavy atom. The molecule has 0 radical (unpaired) electrons. The Balaban J connectivity index is 1.52. The van der Waals surface area contributed by atoms with Crippen molar-refractivity contribution in [2.75, 3.05) is 25.0 Å². The van der Waals surface area contributed by atoms with E-state index in [0.29, 0.717) is 23.6 Å². The molecule has 0 unspecified atom stereocenters. The highest BCUT2D eigenvalue weighted by molar-refractivity contribution is 6.11. The van der Waals surface area contributed by atoms with E-state index in [1.807, 2.05) is 31.2 Å². The van der Waals surface area contributed by atoms with Crippen molar-refractivity contribution in [1.82, 2.24) is 14.9 Å². The van der Waals surface area contributed by atoms with Crippen LogP contribution in [0.25, 0.3) is 11.0 Å². The Morgan fingerprint density at radius 2 is 2.11 bits per heavy atom. The number of carbonyl (C=O) groups excluding carboxylic acids is 1. The first-order valence-electron chi connectivity index (χ1n) is 9.46. The summed E-state index contributed by atoms with van der Waals surface area (Å²) in [4.78, 5) is 22.8. The molecule has 6 heteroatoms. The number of aromatic amines is 1. The van der Waals surface area contributed by atoms with Gasteiger partial charge in [-0.2, -0.15) is 0 Å². The first kappa shape index (κ1) is 17.5. The second-order valence-corrected chi connectivity index (χ2v) is 6.82. The van der Waals surface area contributed by atoms with E-state index in [4.69, 9.17) is 4.74 Å². The lowest BCUT2D eigenvalue weighted by Crippen LogP contribution is -2.18. The molecular weight excluding hydrogens is 340 g/mol. The Kier molecular flexibility index (Phi) is 5.07. The van der Waals surface area contributed by atoms with Crippen LogP contribution in [-0.2, 0) is 6.54 Å². The van der Waals surface area contributed by atoms with Crippen LogP contribution in [0.2, 0.25) is 0 Å². The van der Waals surface area contributed by atoms with Gasteiger partial charge in [0.1, 0.15) is 5.52 Å². The smallest absolute Gasteiger partial charge is 0.259 e. The van der Waals surface area contributed by atoms with Crippen LogP contribution >= 0.6 is 0 Å². The van der Waals surface area contributed by atoms with Gasteiger partial charge in [-0.1, -0.05) is 12.1 Å². The molecule has 6 nitrogen and oxygen atoms in total. The van der Waals surface area contributed by atoms with Crippen molar-refractivity contribution in [2.24, 2.45) is 0 Å². The summed E-state index contributed by atoms with van der Waals surface area (Å²) in [6.07, 6.45) is 4.23. The largest absolute Gasteiger partial charge is 0.478 e. The van der Waals surface area contributed by atoms with Crippen LogP contribution < -0.4 is 10.1 Å². The number of hydrogen-bond acceptors (Lipinski definition) is 4. The van der Waals surface area contributed by atoms with Gasteiger partial charge in [-0.15, -0.1) is 0 Å². The van der Waals surface area contributed by atoms with Gasteiger partial charge in [0.2, 0.25) is 5.88 Å². The number of amides is 1. The van der Waals surface area contributed by atoms with E-state index in [0.717, 1.165) is 30.8 Å². The Labute approximate surface area is 158 Å². The van der Waals surface area contributed by atoms with Gasteiger partial charge in [-0.25, -0.2) is 4.98 Å². The van der Waals surface area contributed by atoms with Gasteiger partial charge in [0.15, 0.2) is 0 Å². The molecule has 1 aliphatic heterocycles. The summed E-state index contributed by atoms with van der Waals surface area (Å²) in [6, 6.07) is 11.7. The van der Waals surface area contributed by atoms with Crippen LogP contribution in [0.15, 0.2) is 42.6 Å². The summed E-state index contributed by atoms with van der Waals surface area (Å²) in [7, 11) is 0. The number of ether oxygens (including phenoxy) is 1. The van der Waals surface area contributed by atoms with Crippen LogP contribution in [0, 0.1) is 0 Å². The second kappa shape index (κ2) is 7.80. The van der Waals surface area contributed by atoms with Crippen LogP contribution in [-0.4, -0.2) is 40.5 Å². The molecule has 27 heavy (non-hydrogen) atoms. The fourth-order valence-electron chi connectivity index (χ4n) is 3.53. The van der Waals surface area contributed by atoms with Crippen molar-refractivity contribution >= 4 is 22.6 Å². The van der Waals surface area contributed by atoms with Gasteiger partial charge < -0.3 is 15.0 Å². The van der Waals surface area contributed by atoms with E-state index in [9.17, 15) is 4.79 Å². The summed E-state index contributed by atoms with van der Waals surface area (Å²) >= 11 is 0. The first-order chi connectivity index (χ1) is 13.2. The monoisotopic (exact) mass is 364 g/mol. The number of carbonyl (C=O) groups is 1. The molecule has 3 aromatic rings. The summed E-state index contributed by atoms with van der Waals surface area (Å²) in [5, 5.41) is 2.99. The zero-order chi connectivity index (χ0) is 18.6. The number of anilines is 1. The van der Waals surface area contributed by atoms with Gasteiger partial charge in [0.05, 0.1) is 17.7 Å². The van der Waals surface area contributed by atoms with E-state index in [-0.39, 0.29) is 5.91 Å². The second-order valence-electron chi connectivity index (χ2n) is 6.82. The maximum absolute atomic E-state index is 12.8. The molecule has 1 amide bonds. The van der Waals surface area contributed by atoms with Crippen LogP contribution in [0.1, 0.15) is 35.7 Å². The van der Waals surface area contributed by atoms with Crippen molar-refractivity contribution in [3.8, 4) is 5.88 Å². The number of aromatic nitrogens is 2. The Bertz CT molecular complexity index is 944. The molecule has 3 heterocycles. The van der Waals surface area contributed by atoms with Crippen LogP contribution in [0.3, 0.4) is 0 Å². The van der Waals surface area contributed by atoms with Crippen molar-refractivity contribution in [2.45, 2.75) is 26.3 Å². The molecule has 0 spiro atoms. The highest BCUT2D eigenvalue weighted by atomic mass is 16.5. The van der Waals surface area contributed by atoms with Gasteiger partial charge >= 0.3 is 0 Å². The fourth-order valence-corrected chi connectivity index (χ4v) is 3.53. The van der Waals surface area contributed by atoms with Gasteiger partial charge in [0, 0.05) is 24.5 Å². The summed E-state index contributed by atoms with van der Waals surface area (Å²) in [5.74, 6) is 0.340. The SMILES string of the molecule is CCOc1ccc2[nH]cc(C(=O)Nc3cccc(CN4CCCC4)c3)c2n1. The zero-order valence-electron chi connectivity index (χ0n) is 15.5. The number of nitrogens with one attached hydrogen (secondary N) is 2. The number of benzene rings is 1. The van der Waals surface area contributed by atoms with E-state index in [1.54, 1.807) is 12.3 Å². The lowest BCUT2D eigenvalue weighted by Gasteiger charge is -2.15. The minimum absolute atomic E-state index is 0.180. The third-order valence-electron chi connectivity index (χ3n) is 4.82. The summed E-state index contributed by atoms with van der Waals surface area (Å²) in [6.45, 7) is 5.68. The molecule has 4 rings (SSSR count). The van der Waals surface area contributed by atoms with E-state index in [2.05, 4.69) is 26.3 Å².